The van der Waals surface area contributed by atoms with Gasteiger partial charge in [-0.3, -0.25) is 0 Å². The smallest absolute Gasteiger partial charge is 0.145 e. The van der Waals surface area contributed by atoms with Gasteiger partial charge in [0, 0.05) is 48.8 Å². The first-order valence-electron chi connectivity index (χ1n) is 9.13. The highest BCUT2D eigenvalue weighted by Crippen LogP contribution is 2.48. The van der Waals surface area contributed by atoms with Crippen LogP contribution in [0.1, 0.15) is 0 Å². The number of hydrogen-bond acceptors (Lipinski definition) is 2. The topological polar surface area (TPSA) is 26.3 Å². The molecule has 0 spiro atoms. The summed E-state index contributed by atoms with van der Waals surface area (Å²) in [6.07, 6.45) is 0. The lowest BCUT2D eigenvalue weighted by atomic mass is 10.00. The summed E-state index contributed by atoms with van der Waals surface area (Å²) in [6.45, 7) is 0. The van der Waals surface area contributed by atoms with Gasteiger partial charge in [-0.05, 0) is 101 Å². The summed E-state index contributed by atoms with van der Waals surface area (Å²) in [5, 5.41) is 4.38. The van der Waals surface area contributed by atoms with E-state index in [4.69, 9.17) is 8.83 Å². The van der Waals surface area contributed by atoms with Crippen molar-refractivity contribution in [3.05, 3.63) is 76.7 Å². The first-order chi connectivity index (χ1) is 14.5. The second kappa shape index (κ2) is 7.21. The van der Waals surface area contributed by atoms with E-state index >= 15 is 0 Å². The molecule has 0 atom stereocenters. The minimum absolute atomic E-state index is 0.872. The molecule has 0 aliphatic carbocycles. The van der Waals surface area contributed by atoms with E-state index < -0.39 is 0 Å². The Morgan fingerprint density at radius 1 is 0.600 bits per heavy atom. The first-order valence-corrected chi connectivity index (χ1v) is 12.9. The zero-order valence-corrected chi connectivity index (χ0v) is 22.6. The fourth-order valence-electron chi connectivity index (χ4n) is 4.11. The molecule has 0 amide bonds. The maximum absolute atomic E-state index is 6.42. The second-order valence-electron chi connectivity index (χ2n) is 7.04. The van der Waals surface area contributed by atoms with Crippen molar-refractivity contribution >= 4 is 121 Å². The molecule has 146 valence electrons. The van der Waals surface area contributed by atoms with E-state index in [0.29, 0.717) is 0 Å². The molecule has 6 aromatic rings. The number of fused-ring (bicyclic) bond motifs is 6. The van der Waals surface area contributed by atoms with Gasteiger partial charge in [0.1, 0.15) is 22.3 Å². The second-order valence-corrected chi connectivity index (χ2v) is 11.1. The van der Waals surface area contributed by atoms with Crippen LogP contribution in [0.25, 0.3) is 55.0 Å². The highest BCUT2D eigenvalue weighted by molar-refractivity contribution is 14.1. The van der Waals surface area contributed by atoms with Crippen LogP contribution < -0.4 is 0 Å². The van der Waals surface area contributed by atoms with Crippen LogP contribution in [0, 0.1) is 7.14 Å². The van der Waals surface area contributed by atoms with E-state index in [9.17, 15) is 0 Å². The van der Waals surface area contributed by atoms with Crippen LogP contribution in [-0.4, -0.2) is 0 Å². The number of halogens is 4. The molecular formula is C24H10Br2I2O2. The van der Waals surface area contributed by atoms with Crippen LogP contribution in [0.2, 0.25) is 0 Å². The van der Waals surface area contributed by atoms with Crippen LogP contribution in [0.3, 0.4) is 0 Å². The van der Waals surface area contributed by atoms with E-state index in [-0.39, 0.29) is 0 Å². The van der Waals surface area contributed by atoms with Crippen molar-refractivity contribution in [1.29, 1.82) is 0 Å². The van der Waals surface area contributed by atoms with Gasteiger partial charge in [0.25, 0.3) is 0 Å². The Morgan fingerprint density at radius 2 is 1.00 bits per heavy atom. The lowest BCUT2D eigenvalue weighted by molar-refractivity contribution is 0.664. The van der Waals surface area contributed by atoms with Crippen LogP contribution in [0.4, 0.5) is 0 Å². The average Bonchev–Trinajstić information content (AvgIpc) is 3.29. The molecule has 2 aromatic heterocycles. The molecule has 6 rings (SSSR count). The standard InChI is InChI=1S/C24H10Br2I2O2/c25-13-9-15(27)21(23-19(13)11-5-1-3-7-17(11)29-23)22-16(28)10-14(26)20-12-6-2-4-8-18(12)30-24(20)22/h1-10H. The van der Waals surface area contributed by atoms with E-state index in [2.05, 4.69) is 101 Å². The Balaban J connectivity index is 1.85. The molecule has 6 heteroatoms. The summed E-state index contributed by atoms with van der Waals surface area (Å²) in [5.41, 5.74) is 5.62. The molecule has 0 saturated carbocycles. The summed E-state index contributed by atoms with van der Waals surface area (Å²) in [4.78, 5) is 0. The predicted octanol–water partition coefficient (Wildman–Crippen LogP) is 9.89. The quantitative estimate of drug-likeness (QED) is 0.157. The molecule has 0 saturated heterocycles. The maximum Gasteiger partial charge on any atom is 0.145 e. The van der Waals surface area contributed by atoms with Crippen molar-refractivity contribution in [2.24, 2.45) is 0 Å². The summed E-state index contributed by atoms with van der Waals surface area (Å²) >= 11 is 12.3. The fourth-order valence-corrected chi connectivity index (χ4v) is 7.86. The maximum atomic E-state index is 6.42. The Kier molecular flexibility index (Phi) is 4.71. The van der Waals surface area contributed by atoms with Crippen LogP contribution in [0.15, 0.2) is 78.4 Å². The summed E-state index contributed by atoms with van der Waals surface area (Å²) in [7, 11) is 0. The number of benzene rings is 4. The zero-order valence-electron chi connectivity index (χ0n) is 15.1. The third-order valence-electron chi connectivity index (χ3n) is 5.36. The fraction of sp³-hybridized carbons (Fsp3) is 0. The van der Waals surface area contributed by atoms with Gasteiger partial charge < -0.3 is 8.83 Å². The molecule has 0 N–H and O–H groups in total. The van der Waals surface area contributed by atoms with Crippen molar-refractivity contribution in [2.45, 2.75) is 0 Å². The van der Waals surface area contributed by atoms with Crippen molar-refractivity contribution in [3.63, 3.8) is 0 Å². The monoisotopic (exact) mass is 742 g/mol. The minimum Gasteiger partial charge on any atom is -0.455 e. The molecule has 0 bridgehead atoms. The van der Waals surface area contributed by atoms with E-state index in [1.807, 2.05) is 36.4 Å². The molecule has 2 heterocycles. The summed E-state index contributed by atoms with van der Waals surface area (Å²) < 4.78 is 17.1. The SMILES string of the molecule is Brc1cc(I)c(-c2c(I)cc(Br)c3c2oc2ccccc23)c2oc3ccccc3c12. The number of hydrogen-bond donors (Lipinski definition) is 0. The lowest BCUT2D eigenvalue weighted by Gasteiger charge is -2.11. The van der Waals surface area contributed by atoms with Crippen LogP contribution in [0.5, 0.6) is 0 Å². The van der Waals surface area contributed by atoms with Crippen molar-refractivity contribution in [1.82, 2.24) is 0 Å². The predicted molar refractivity (Wildman–Crippen MR) is 147 cm³/mol. The van der Waals surface area contributed by atoms with Crippen LogP contribution >= 0.6 is 77.0 Å². The minimum atomic E-state index is 0.872. The van der Waals surface area contributed by atoms with Gasteiger partial charge >= 0.3 is 0 Å². The Labute approximate surface area is 215 Å². The van der Waals surface area contributed by atoms with Gasteiger partial charge in [0.05, 0.1) is 0 Å². The largest absolute Gasteiger partial charge is 0.455 e. The van der Waals surface area contributed by atoms with Gasteiger partial charge in [-0.25, -0.2) is 0 Å². The number of para-hydroxylation sites is 2. The average molecular weight is 744 g/mol. The molecule has 4 aromatic carbocycles. The van der Waals surface area contributed by atoms with Gasteiger partial charge in [0.15, 0.2) is 0 Å². The van der Waals surface area contributed by atoms with Crippen molar-refractivity contribution in [3.8, 4) is 11.1 Å². The van der Waals surface area contributed by atoms with E-state index in [1.165, 1.54) is 0 Å². The van der Waals surface area contributed by atoms with Gasteiger partial charge in [-0.15, -0.1) is 0 Å². The highest BCUT2D eigenvalue weighted by Gasteiger charge is 2.25. The first kappa shape index (κ1) is 19.6. The Bertz CT molecular complexity index is 1520. The molecule has 0 fully saturated rings. The van der Waals surface area contributed by atoms with E-state index in [0.717, 1.165) is 71.1 Å². The van der Waals surface area contributed by atoms with Crippen LogP contribution in [-0.2, 0) is 0 Å². The van der Waals surface area contributed by atoms with Crippen molar-refractivity contribution < 1.29 is 8.83 Å². The molecular weight excluding hydrogens is 734 g/mol. The third kappa shape index (κ3) is 2.76. The number of furan rings is 2. The van der Waals surface area contributed by atoms with Crippen molar-refractivity contribution in [2.75, 3.05) is 0 Å². The normalized spacial score (nSPS) is 12.0. The van der Waals surface area contributed by atoms with Gasteiger partial charge in [0.2, 0.25) is 0 Å². The zero-order chi connectivity index (χ0) is 20.6. The Morgan fingerprint density at radius 3 is 1.43 bits per heavy atom. The molecule has 30 heavy (non-hydrogen) atoms. The molecule has 0 radical (unpaired) electrons. The molecule has 0 aliphatic rings. The number of rotatable bonds is 1. The highest BCUT2D eigenvalue weighted by atomic mass is 127. The lowest BCUT2D eigenvalue weighted by Crippen LogP contribution is -1.90. The Hall–Kier alpha value is -1.10. The van der Waals surface area contributed by atoms with Gasteiger partial charge in [-0.2, -0.15) is 0 Å². The van der Waals surface area contributed by atoms with Gasteiger partial charge in [-0.1, -0.05) is 36.4 Å². The molecule has 2 nitrogen and oxygen atoms in total. The molecule has 0 aliphatic heterocycles. The summed E-state index contributed by atoms with van der Waals surface area (Å²) in [6, 6.07) is 20.7. The third-order valence-corrected chi connectivity index (χ3v) is 8.31. The summed E-state index contributed by atoms with van der Waals surface area (Å²) in [5.74, 6) is 0. The van der Waals surface area contributed by atoms with E-state index in [1.54, 1.807) is 0 Å². The molecule has 0 unspecified atom stereocenters.